The zero-order valence-corrected chi connectivity index (χ0v) is 47.8. The van der Waals surface area contributed by atoms with Crippen molar-refractivity contribution >= 4 is 23.9 Å². The lowest BCUT2D eigenvalue weighted by atomic mass is 9.85. The molecule has 0 fully saturated rings. The Bertz CT molecular complexity index is 2510. The van der Waals surface area contributed by atoms with Gasteiger partial charge in [-0.1, -0.05) is 12.1 Å². The molecule has 4 unspecified atom stereocenters. The van der Waals surface area contributed by atoms with E-state index in [9.17, 15) is 19.2 Å². The zero-order chi connectivity index (χ0) is 56.6. The predicted molar refractivity (Wildman–Crippen MR) is 291 cm³/mol. The van der Waals surface area contributed by atoms with Gasteiger partial charge in [0, 0.05) is 36.8 Å². The average molecular weight is 1090 g/mol. The SMILES string of the molecule is CCOC(=O)C(C[N+]1(C)CCc2cc(OC)c(OC)cc2[C@H]1Cc1ccc(OC)c(OC)c1)C(=O)OCCCCCCOC(=O)C(C[N+]1(C)CCc2cc(OC)c(OC)cc2[C@H]1Cc1ccc(OC)c(OC)c1)C(=O)OCC. The molecule has 6 atom stereocenters. The number of hydrogen-bond acceptors (Lipinski definition) is 16. The summed E-state index contributed by atoms with van der Waals surface area (Å²) in [4.78, 5) is 55.5. The molecule has 2 aliphatic rings. The summed E-state index contributed by atoms with van der Waals surface area (Å²) in [5.74, 6) is -0.113. The third-order valence-electron chi connectivity index (χ3n) is 15.5. The van der Waals surface area contributed by atoms with E-state index in [1.54, 1.807) is 70.7 Å². The van der Waals surface area contributed by atoms with Crippen molar-refractivity contribution in [2.24, 2.45) is 11.8 Å². The Labute approximate surface area is 460 Å². The molecule has 0 bridgehead atoms. The van der Waals surface area contributed by atoms with Gasteiger partial charge in [-0.25, -0.2) is 0 Å². The summed E-state index contributed by atoms with van der Waals surface area (Å²) in [7, 11) is 16.9. The van der Waals surface area contributed by atoms with Crippen LogP contribution in [0.3, 0.4) is 0 Å². The number of quaternary nitrogens is 2. The van der Waals surface area contributed by atoms with Crippen LogP contribution >= 0.6 is 0 Å². The molecule has 78 heavy (non-hydrogen) atoms. The summed E-state index contributed by atoms with van der Waals surface area (Å²) in [5.41, 5.74) is 6.20. The molecule has 6 rings (SSSR count). The topological polar surface area (TPSA) is 179 Å². The number of esters is 4. The van der Waals surface area contributed by atoms with Crippen molar-refractivity contribution in [3.63, 3.8) is 0 Å². The summed E-state index contributed by atoms with van der Waals surface area (Å²) in [6.07, 6.45) is 4.76. The van der Waals surface area contributed by atoms with Crippen molar-refractivity contribution in [1.29, 1.82) is 0 Å². The van der Waals surface area contributed by atoms with Crippen molar-refractivity contribution in [2.45, 2.75) is 77.3 Å². The van der Waals surface area contributed by atoms with Crippen molar-refractivity contribution in [3.8, 4) is 46.0 Å². The standard InChI is InChI=1S/C60H82N2O16/c1-13-75-57(63)45(37-61(3)25-23-41-33-53(71-9)55(73-11)35-43(41)47(61)29-39-19-21-49(67-5)51(31-39)69-7)59(65)77-27-17-15-16-18-28-78-60(66)46(58(64)76-14-2)38-62(4)26-24-42-34-54(72-10)56(74-12)36-44(42)48(62)30-40-20-22-50(68-6)52(32-40)70-8/h19-22,31-36,45-48H,13-18,23-30,37-38H2,1-12H3/q+2/t45?,46?,47-,48-,61?,62?/m1/s1. The van der Waals surface area contributed by atoms with Crippen LogP contribution in [0.25, 0.3) is 0 Å². The van der Waals surface area contributed by atoms with Gasteiger partial charge < -0.3 is 65.8 Å². The maximum absolute atomic E-state index is 14.0. The molecule has 18 nitrogen and oxygen atoms in total. The first-order valence-corrected chi connectivity index (χ1v) is 26.8. The van der Waals surface area contributed by atoms with Gasteiger partial charge in [-0.3, -0.25) is 19.2 Å². The van der Waals surface area contributed by atoms with E-state index in [4.69, 9.17) is 56.8 Å². The van der Waals surface area contributed by atoms with Crippen molar-refractivity contribution in [3.05, 3.63) is 94.0 Å². The first-order valence-electron chi connectivity index (χ1n) is 26.8. The second-order valence-electron chi connectivity index (χ2n) is 20.3. The summed E-state index contributed by atoms with van der Waals surface area (Å²) < 4.78 is 68.6. The fourth-order valence-corrected chi connectivity index (χ4v) is 11.1. The van der Waals surface area contributed by atoms with Crippen LogP contribution in [0.15, 0.2) is 60.7 Å². The largest absolute Gasteiger partial charge is 0.493 e. The second kappa shape index (κ2) is 28.1. The molecule has 0 amide bonds. The van der Waals surface area contributed by atoms with Crippen LogP contribution in [0.1, 0.15) is 85.0 Å². The number of unbranched alkanes of at least 4 members (excludes halogenated alkanes) is 3. The van der Waals surface area contributed by atoms with E-state index in [1.165, 1.54) is 0 Å². The number of carbonyl (C=O) groups excluding carboxylic acids is 4. The Balaban J connectivity index is 1.09. The quantitative estimate of drug-likeness (QED) is 0.0168. The number of likely N-dealkylation sites (N-methyl/N-ethyl adjacent to an activating group) is 2. The van der Waals surface area contributed by atoms with Gasteiger partial charge in [-0.2, -0.15) is 0 Å². The number of nitrogens with zero attached hydrogens (tertiary/aromatic N) is 2. The summed E-state index contributed by atoms with van der Waals surface area (Å²) in [5, 5.41) is 0. The van der Waals surface area contributed by atoms with Crippen LogP contribution in [0.5, 0.6) is 46.0 Å². The fourth-order valence-electron chi connectivity index (χ4n) is 11.1. The maximum atomic E-state index is 14.0. The third-order valence-corrected chi connectivity index (χ3v) is 15.5. The molecule has 426 valence electrons. The Hall–Kier alpha value is -6.92. The molecule has 4 aromatic carbocycles. The molecule has 0 saturated heterocycles. The monoisotopic (exact) mass is 1090 g/mol. The number of carbonyl (C=O) groups is 4. The van der Waals surface area contributed by atoms with Gasteiger partial charge in [0.1, 0.15) is 25.2 Å². The average Bonchev–Trinajstić information content (AvgIpc) is 3.45. The highest BCUT2D eigenvalue weighted by molar-refractivity contribution is 5.95. The van der Waals surface area contributed by atoms with Gasteiger partial charge in [-0.15, -0.1) is 0 Å². The van der Waals surface area contributed by atoms with Crippen LogP contribution in [0.2, 0.25) is 0 Å². The predicted octanol–water partition coefficient (Wildman–Crippen LogP) is 8.03. The number of rotatable bonds is 29. The minimum absolute atomic E-state index is 0.0842. The van der Waals surface area contributed by atoms with Gasteiger partial charge >= 0.3 is 23.9 Å². The third kappa shape index (κ3) is 14.2. The van der Waals surface area contributed by atoms with E-state index in [2.05, 4.69) is 14.1 Å². The fraction of sp³-hybridized carbons (Fsp3) is 0.533. The van der Waals surface area contributed by atoms with Gasteiger partial charge in [-0.05, 0) is 110 Å². The number of fused-ring (bicyclic) bond motifs is 2. The number of benzene rings is 4. The Morgan fingerprint density at radius 2 is 0.756 bits per heavy atom. The van der Waals surface area contributed by atoms with Crippen LogP contribution in [-0.2, 0) is 63.8 Å². The van der Waals surface area contributed by atoms with Crippen molar-refractivity contribution in [2.75, 3.05) is 124 Å². The molecule has 0 saturated carbocycles. The smallest absolute Gasteiger partial charge is 0.326 e. The van der Waals surface area contributed by atoms with E-state index in [-0.39, 0.29) is 51.6 Å². The number of hydrogen-bond donors (Lipinski definition) is 0. The molecule has 0 aliphatic carbocycles. The molecule has 0 spiro atoms. The highest BCUT2D eigenvalue weighted by atomic mass is 16.6. The van der Waals surface area contributed by atoms with Gasteiger partial charge in [0.05, 0.1) is 110 Å². The van der Waals surface area contributed by atoms with Crippen LogP contribution in [0, 0.1) is 11.8 Å². The van der Waals surface area contributed by atoms with Crippen LogP contribution in [-0.4, -0.2) is 156 Å². The van der Waals surface area contributed by atoms with E-state index in [0.717, 1.165) is 33.4 Å². The van der Waals surface area contributed by atoms with E-state index < -0.39 is 35.7 Å². The molecule has 0 aromatic heterocycles. The maximum Gasteiger partial charge on any atom is 0.326 e. The summed E-state index contributed by atoms with van der Waals surface area (Å²) in [6, 6.07) is 19.2. The van der Waals surface area contributed by atoms with E-state index in [1.807, 2.05) is 60.7 Å². The summed E-state index contributed by atoms with van der Waals surface area (Å²) in [6.45, 7) is 5.31. The normalized spacial score (nSPS) is 19.1. The lowest BCUT2D eigenvalue weighted by molar-refractivity contribution is -0.942. The van der Waals surface area contributed by atoms with Gasteiger partial charge in [0.15, 0.2) is 46.0 Å². The molecule has 18 heteroatoms. The highest BCUT2D eigenvalue weighted by Gasteiger charge is 2.48. The molecule has 2 heterocycles. The Kier molecular flexibility index (Phi) is 21.7. The zero-order valence-electron chi connectivity index (χ0n) is 47.8. The van der Waals surface area contributed by atoms with E-state index >= 15 is 0 Å². The molecule has 0 N–H and O–H groups in total. The molecular formula is C60H82N2O16+2. The van der Waals surface area contributed by atoms with Gasteiger partial charge in [0.25, 0.3) is 0 Å². The molecular weight excluding hydrogens is 1000 g/mol. The molecule has 0 radical (unpaired) electrons. The van der Waals surface area contributed by atoms with E-state index in [0.29, 0.717) is 119 Å². The lowest BCUT2D eigenvalue weighted by Crippen LogP contribution is -2.56. The highest BCUT2D eigenvalue weighted by Crippen LogP contribution is 2.46. The van der Waals surface area contributed by atoms with Crippen molar-refractivity contribution in [1.82, 2.24) is 0 Å². The number of methoxy groups -OCH3 is 8. The first-order chi connectivity index (χ1) is 37.6. The molecule has 2 aliphatic heterocycles. The second-order valence-corrected chi connectivity index (χ2v) is 20.3. The first kappa shape index (κ1) is 60.3. The van der Waals surface area contributed by atoms with Crippen LogP contribution < -0.4 is 37.9 Å². The number of ether oxygens (including phenoxy) is 12. The summed E-state index contributed by atoms with van der Waals surface area (Å²) >= 11 is 0. The Morgan fingerprint density at radius 1 is 0.436 bits per heavy atom. The van der Waals surface area contributed by atoms with Crippen molar-refractivity contribution < 1.29 is 85.0 Å². The minimum Gasteiger partial charge on any atom is -0.493 e. The lowest BCUT2D eigenvalue weighted by Gasteiger charge is -2.47. The van der Waals surface area contributed by atoms with Crippen LogP contribution in [0.4, 0.5) is 0 Å². The van der Waals surface area contributed by atoms with Gasteiger partial charge in [0.2, 0.25) is 11.8 Å². The Morgan fingerprint density at radius 3 is 1.09 bits per heavy atom. The molecule has 4 aromatic rings. The minimum atomic E-state index is -1.19.